The first kappa shape index (κ1) is 13.0. The summed E-state index contributed by atoms with van der Waals surface area (Å²) in [5, 5.41) is 9.77. The molecule has 3 nitrogen and oxygen atoms in total. The Morgan fingerprint density at radius 2 is 1.94 bits per heavy atom. The van der Waals surface area contributed by atoms with E-state index in [1.807, 2.05) is 26.8 Å². The molecule has 0 bridgehead atoms. The third-order valence-corrected chi connectivity index (χ3v) is 3.09. The summed E-state index contributed by atoms with van der Waals surface area (Å²) in [7, 11) is 1.67. The fraction of sp³-hybridized carbons (Fsp3) is 0.538. The average Bonchev–Trinajstić information content (AvgIpc) is 2.29. The van der Waals surface area contributed by atoms with Crippen LogP contribution >= 0.6 is 0 Å². The second-order valence-corrected chi connectivity index (χ2v) is 4.27. The van der Waals surface area contributed by atoms with Crippen LogP contribution in [0.1, 0.15) is 29.5 Å². The Kier molecular flexibility index (Phi) is 4.33. The van der Waals surface area contributed by atoms with E-state index in [1.165, 1.54) is 0 Å². The largest absolute Gasteiger partial charge is 0.496 e. The molecule has 2 unspecified atom stereocenters. The van der Waals surface area contributed by atoms with Gasteiger partial charge in [-0.15, -0.1) is 0 Å². The number of rotatable bonds is 4. The van der Waals surface area contributed by atoms with E-state index < -0.39 is 6.10 Å². The van der Waals surface area contributed by atoms with Crippen LogP contribution in [0.15, 0.2) is 12.1 Å². The fourth-order valence-corrected chi connectivity index (χ4v) is 1.93. The SMILES string of the molecule is COc1cc(C)c(C(C)C(O)CN)cc1C. The highest BCUT2D eigenvalue weighted by Crippen LogP contribution is 2.28. The third-order valence-electron chi connectivity index (χ3n) is 3.09. The molecule has 0 saturated carbocycles. The van der Waals surface area contributed by atoms with Gasteiger partial charge in [0.2, 0.25) is 0 Å². The average molecular weight is 223 g/mol. The van der Waals surface area contributed by atoms with E-state index in [9.17, 15) is 5.11 Å². The predicted octanol–water partition coefficient (Wildman–Crippen LogP) is 1.74. The molecule has 2 atom stereocenters. The third kappa shape index (κ3) is 2.54. The summed E-state index contributed by atoms with van der Waals surface area (Å²) in [6.07, 6.45) is -0.494. The molecule has 0 amide bonds. The van der Waals surface area contributed by atoms with Crippen molar-refractivity contribution in [2.24, 2.45) is 5.73 Å². The molecule has 90 valence electrons. The lowest BCUT2D eigenvalue weighted by Crippen LogP contribution is -2.26. The Hall–Kier alpha value is -1.06. The highest BCUT2D eigenvalue weighted by atomic mass is 16.5. The van der Waals surface area contributed by atoms with Gasteiger partial charge in [0.1, 0.15) is 5.75 Å². The predicted molar refractivity (Wildman–Crippen MR) is 65.9 cm³/mol. The number of hydrogen-bond acceptors (Lipinski definition) is 3. The van der Waals surface area contributed by atoms with Gasteiger partial charge in [-0.1, -0.05) is 13.0 Å². The number of aryl methyl sites for hydroxylation is 2. The molecule has 16 heavy (non-hydrogen) atoms. The topological polar surface area (TPSA) is 55.5 Å². The summed E-state index contributed by atoms with van der Waals surface area (Å²) in [5.41, 5.74) is 8.83. The molecule has 0 radical (unpaired) electrons. The van der Waals surface area contributed by atoms with E-state index in [1.54, 1.807) is 7.11 Å². The molecule has 3 N–H and O–H groups in total. The Morgan fingerprint density at radius 3 is 2.44 bits per heavy atom. The minimum atomic E-state index is -0.494. The number of ether oxygens (including phenoxy) is 1. The number of nitrogens with two attached hydrogens (primary N) is 1. The highest BCUT2D eigenvalue weighted by Gasteiger charge is 2.17. The van der Waals surface area contributed by atoms with Gasteiger partial charge < -0.3 is 15.6 Å². The molecule has 0 aliphatic rings. The van der Waals surface area contributed by atoms with Crippen LogP contribution < -0.4 is 10.5 Å². The number of aliphatic hydroxyl groups is 1. The van der Waals surface area contributed by atoms with Crippen molar-refractivity contribution in [2.75, 3.05) is 13.7 Å². The Balaban J connectivity index is 3.10. The molecule has 1 aromatic rings. The zero-order valence-corrected chi connectivity index (χ0v) is 10.4. The zero-order chi connectivity index (χ0) is 12.3. The number of methoxy groups -OCH3 is 1. The molecule has 0 aliphatic carbocycles. The van der Waals surface area contributed by atoms with Crippen LogP contribution in [0.4, 0.5) is 0 Å². The standard InChI is InChI=1S/C13H21NO2/c1-8-6-13(16-4)9(2)5-11(8)10(3)12(15)7-14/h5-6,10,12,15H,7,14H2,1-4H3. The molecule has 0 fully saturated rings. The Morgan fingerprint density at radius 1 is 1.31 bits per heavy atom. The summed E-state index contributed by atoms with van der Waals surface area (Å²) in [6.45, 7) is 6.30. The van der Waals surface area contributed by atoms with E-state index in [-0.39, 0.29) is 12.5 Å². The first-order valence-corrected chi connectivity index (χ1v) is 5.54. The van der Waals surface area contributed by atoms with Gasteiger partial charge in [0.25, 0.3) is 0 Å². The minimum Gasteiger partial charge on any atom is -0.496 e. The van der Waals surface area contributed by atoms with Crippen molar-refractivity contribution in [1.82, 2.24) is 0 Å². The van der Waals surface area contributed by atoms with Gasteiger partial charge in [-0.05, 0) is 36.6 Å². The van der Waals surface area contributed by atoms with E-state index in [2.05, 4.69) is 6.07 Å². The lowest BCUT2D eigenvalue weighted by molar-refractivity contribution is 0.157. The highest BCUT2D eigenvalue weighted by molar-refractivity contribution is 5.43. The van der Waals surface area contributed by atoms with Crippen molar-refractivity contribution in [2.45, 2.75) is 32.8 Å². The number of aliphatic hydroxyl groups excluding tert-OH is 1. The van der Waals surface area contributed by atoms with Crippen LogP contribution in [0.5, 0.6) is 5.75 Å². The van der Waals surface area contributed by atoms with E-state index in [0.29, 0.717) is 0 Å². The van der Waals surface area contributed by atoms with Gasteiger partial charge in [0, 0.05) is 12.5 Å². The summed E-state index contributed by atoms with van der Waals surface area (Å²) in [4.78, 5) is 0. The van der Waals surface area contributed by atoms with Gasteiger partial charge in [0.15, 0.2) is 0 Å². The van der Waals surface area contributed by atoms with Crippen molar-refractivity contribution < 1.29 is 9.84 Å². The van der Waals surface area contributed by atoms with Crippen LogP contribution in [-0.4, -0.2) is 24.9 Å². The molecule has 0 aliphatic heterocycles. The summed E-state index contributed by atoms with van der Waals surface area (Å²) >= 11 is 0. The van der Waals surface area contributed by atoms with Crippen LogP contribution in [0, 0.1) is 13.8 Å². The lowest BCUT2D eigenvalue weighted by atomic mass is 9.90. The number of hydrogen-bond donors (Lipinski definition) is 2. The number of benzene rings is 1. The first-order chi connectivity index (χ1) is 7.51. The van der Waals surface area contributed by atoms with Gasteiger partial charge in [-0.25, -0.2) is 0 Å². The van der Waals surface area contributed by atoms with Crippen LogP contribution in [0.3, 0.4) is 0 Å². The molecule has 3 heteroatoms. The molecule has 1 aromatic carbocycles. The Labute approximate surface area is 97.2 Å². The van der Waals surface area contributed by atoms with Crippen molar-refractivity contribution >= 4 is 0 Å². The van der Waals surface area contributed by atoms with Gasteiger partial charge in [0.05, 0.1) is 13.2 Å². The van der Waals surface area contributed by atoms with Crippen molar-refractivity contribution in [1.29, 1.82) is 0 Å². The molecule has 1 rings (SSSR count). The van der Waals surface area contributed by atoms with E-state index in [4.69, 9.17) is 10.5 Å². The zero-order valence-electron chi connectivity index (χ0n) is 10.4. The summed E-state index contributed by atoms with van der Waals surface area (Å²) < 4.78 is 5.26. The van der Waals surface area contributed by atoms with Crippen molar-refractivity contribution in [3.8, 4) is 5.75 Å². The van der Waals surface area contributed by atoms with E-state index >= 15 is 0 Å². The second-order valence-electron chi connectivity index (χ2n) is 4.27. The molecule has 0 aromatic heterocycles. The summed E-state index contributed by atoms with van der Waals surface area (Å²) in [5.74, 6) is 0.935. The normalized spacial score (nSPS) is 14.6. The first-order valence-electron chi connectivity index (χ1n) is 5.54. The van der Waals surface area contributed by atoms with Crippen molar-refractivity contribution in [3.05, 3.63) is 28.8 Å². The molecular formula is C13H21NO2. The minimum absolute atomic E-state index is 0.0506. The van der Waals surface area contributed by atoms with Crippen molar-refractivity contribution in [3.63, 3.8) is 0 Å². The summed E-state index contributed by atoms with van der Waals surface area (Å²) in [6, 6.07) is 4.07. The molecular weight excluding hydrogens is 202 g/mol. The quantitative estimate of drug-likeness (QED) is 0.817. The lowest BCUT2D eigenvalue weighted by Gasteiger charge is -2.21. The fourth-order valence-electron chi connectivity index (χ4n) is 1.93. The van der Waals surface area contributed by atoms with Gasteiger partial charge in [-0.3, -0.25) is 0 Å². The van der Waals surface area contributed by atoms with Crippen LogP contribution in [0.25, 0.3) is 0 Å². The van der Waals surface area contributed by atoms with Gasteiger partial charge in [-0.2, -0.15) is 0 Å². The maximum Gasteiger partial charge on any atom is 0.122 e. The second kappa shape index (κ2) is 5.32. The maximum atomic E-state index is 9.77. The molecule has 0 saturated heterocycles. The molecule has 0 spiro atoms. The van der Waals surface area contributed by atoms with Gasteiger partial charge >= 0.3 is 0 Å². The smallest absolute Gasteiger partial charge is 0.122 e. The van der Waals surface area contributed by atoms with Crippen LogP contribution in [0.2, 0.25) is 0 Å². The molecule has 0 heterocycles. The van der Waals surface area contributed by atoms with Crippen LogP contribution in [-0.2, 0) is 0 Å². The maximum absolute atomic E-state index is 9.77. The monoisotopic (exact) mass is 223 g/mol. The Bertz CT molecular complexity index is 363. The van der Waals surface area contributed by atoms with E-state index in [0.717, 1.165) is 22.4 Å².